The van der Waals surface area contributed by atoms with E-state index < -0.39 is 12.1 Å². The molecule has 2 atom stereocenters. The summed E-state index contributed by atoms with van der Waals surface area (Å²) in [6.45, 7) is 4.44. The molecule has 0 bridgehead atoms. The van der Waals surface area contributed by atoms with Crippen molar-refractivity contribution in [3.8, 4) is 11.5 Å². The number of methoxy groups -OCH3 is 1. The quantitative estimate of drug-likeness (QED) is 0.436. The van der Waals surface area contributed by atoms with Crippen molar-refractivity contribution in [1.82, 2.24) is 15.1 Å². The Hall–Kier alpha value is -4.11. The molecule has 10 heteroatoms. The third-order valence-corrected chi connectivity index (χ3v) is 7.05. The predicted molar refractivity (Wildman–Crippen MR) is 150 cm³/mol. The van der Waals surface area contributed by atoms with E-state index in [0.29, 0.717) is 41.0 Å². The maximum absolute atomic E-state index is 14.3. The Morgan fingerprint density at radius 3 is 2.42 bits per heavy atom. The lowest BCUT2D eigenvalue weighted by Gasteiger charge is -2.36. The number of amides is 3. The summed E-state index contributed by atoms with van der Waals surface area (Å²) in [5.41, 5.74) is 2.10. The number of halogens is 2. The lowest BCUT2D eigenvalue weighted by molar-refractivity contribution is -0.123. The number of ether oxygens (including phenoxy) is 2. The van der Waals surface area contributed by atoms with Crippen LogP contribution in [0.4, 0.5) is 9.18 Å². The number of rotatable bonds is 6. The molecule has 8 nitrogen and oxygen atoms in total. The lowest BCUT2D eigenvalue weighted by atomic mass is 9.93. The van der Waals surface area contributed by atoms with Gasteiger partial charge in [0, 0.05) is 24.2 Å². The number of aliphatic imine (C=N–C) groups is 1. The number of benzene rings is 3. The molecule has 208 valence electrons. The summed E-state index contributed by atoms with van der Waals surface area (Å²) in [6, 6.07) is 17.1. The highest BCUT2D eigenvalue weighted by Crippen LogP contribution is 2.45. The van der Waals surface area contributed by atoms with Crippen molar-refractivity contribution in [2.75, 3.05) is 26.7 Å². The first kappa shape index (κ1) is 27.5. The van der Waals surface area contributed by atoms with Crippen molar-refractivity contribution in [2.24, 2.45) is 4.99 Å². The zero-order chi connectivity index (χ0) is 28.4. The molecule has 2 aliphatic heterocycles. The molecule has 1 N–H and O–H groups in total. The Morgan fingerprint density at radius 1 is 1.07 bits per heavy atom. The van der Waals surface area contributed by atoms with Gasteiger partial charge in [0.15, 0.2) is 0 Å². The number of amidine groups is 1. The number of piperazine rings is 1. The predicted octanol–water partition coefficient (Wildman–Crippen LogP) is 5.37. The average Bonchev–Trinajstić information content (AvgIpc) is 3.33. The van der Waals surface area contributed by atoms with E-state index in [1.165, 1.54) is 17.0 Å². The SMILES string of the molecule is COc1ccc(C2=NC(c3ccc(F)cc3)C(c3ccc(Cl)cc3)N2C(=O)N2CCNC(=O)C2)c(OC(C)C)c1. The summed E-state index contributed by atoms with van der Waals surface area (Å²) in [5.74, 6) is 0.862. The van der Waals surface area contributed by atoms with Crippen LogP contribution in [0.1, 0.15) is 42.6 Å². The number of carbonyl (C=O) groups excluding carboxylic acids is 2. The fourth-order valence-electron chi connectivity index (χ4n) is 4.97. The maximum Gasteiger partial charge on any atom is 0.326 e. The summed E-state index contributed by atoms with van der Waals surface area (Å²) >= 11 is 6.22. The minimum absolute atomic E-state index is 0.0743. The van der Waals surface area contributed by atoms with Gasteiger partial charge in [-0.05, 0) is 61.4 Å². The standard InChI is InChI=1S/C30H30ClFN4O4/c1-18(2)40-25-16-23(39-3)12-13-24(25)29-34-27(19-6-10-22(32)11-7-19)28(20-4-8-21(31)9-5-20)36(29)30(38)35-15-14-33-26(37)17-35/h4-13,16,18,27-28H,14-15,17H2,1-3H3,(H,33,37). The van der Waals surface area contributed by atoms with E-state index in [2.05, 4.69) is 5.32 Å². The van der Waals surface area contributed by atoms with Gasteiger partial charge in [0.25, 0.3) is 0 Å². The van der Waals surface area contributed by atoms with E-state index in [4.69, 9.17) is 26.1 Å². The molecule has 40 heavy (non-hydrogen) atoms. The molecule has 3 amide bonds. The minimum atomic E-state index is -0.607. The first-order valence-electron chi connectivity index (χ1n) is 13.0. The molecule has 5 rings (SSSR count). The summed E-state index contributed by atoms with van der Waals surface area (Å²) in [4.78, 5) is 34.8. The van der Waals surface area contributed by atoms with Crippen LogP contribution in [0.25, 0.3) is 0 Å². The lowest BCUT2D eigenvalue weighted by Crippen LogP contribution is -2.55. The molecule has 2 heterocycles. The normalized spacial score (nSPS) is 18.9. The van der Waals surface area contributed by atoms with Gasteiger partial charge in [0.1, 0.15) is 35.7 Å². The second kappa shape index (κ2) is 11.6. The van der Waals surface area contributed by atoms with Crippen LogP contribution in [-0.2, 0) is 4.79 Å². The van der Waals surface area contributed by atoms with Crippen LogP contribution in [0.3, 0.4) is 0 Å². The summed E-state index contributed by atoms with van der Waals surface area (Å²) in [5, 5.41) is 3.32. The smallest absolute Gasteiger partial charge is 0.326 e. The summed E-state index contributed by atoms with van der Waals surface area (Å²) in [7, 11) is 1.57. The van der Waals surface area contributed by atoms with Gasteiger partial charge in [-0.25, -0.2) is 9.18 Å². The van der Waals surface area contributed by atoms with Crippen molar-refractivity contribution in [3.05, 3.63) is 94.3 Å². The van der Waals surface area contributed by atoms with E-state index >= 15 is 0 Å². The highest BCUT2D eigenvalue weighted by molar-refractivity contribution is 6.30. The fraction of sp³-hybridized carbons (Fsp3) is 0.300. The maximum atomic E-state index is 14.3. The average molecular weight is 565 g/mol. The van der Waals surface area contributed by atoms with E-state index in [-0.39, 0.29) is 30.4 Å². The molecule has 0 aliphatic carbocycles. The zero-order valence-electron chi connectivity index (χ0n) is 22.4. The topological polar surface area (TPSA) is 83.5 Å². The second-order valence-corrected chi connectivity index (χ2v) is 10.3. The molecule has 0 aromatic heterocycles. The summed E-state index contributed by atoms with van der Waals surface area (Å²) in [6.07, 6.45) is -0.164. The monoisotopic (exact) mass is 564 g/mol. The zero-order valence-corrected chi connectivity index (χ0v) is 23.2. The molecular formula is C30H30ClFN4O4. The van der Waals surface area contributed by atoms with E-state index in [1.807, 2.05) is 32.0 Å². The molecule has 0 spiro atoms. The van der Waals surface area contributed by atoms with Gasteiger partial charge in [0.05, 0.1) is 24.8 Å². The van der Waals surface area contributed by atoms with Crippen molar-refractivity contribution in [3.63, 3.8) is 0 Å². The van der Waals surface area contributed by atoms with Crippen LogP contribution in [0.5, 0.6) is 11.5 Å². The summed E-state index contributed by atoms with van der Waals surface area (Å²) < 4.78 is 25.5. The highest BCUT2D eigenvalue weighted by Gasteiger charge is 2.45. The minimum Gasteiger partial charge on any atom is -0.497 e. The molecule has 2 aliphatic rings. The van der Waals surface area contributed by atoms with Crippen molar-refractivity contribution < 1.29 is 23.5 Å². The molecule has 0 saturated carbocycles. The molecule has 3 aromatic rings. The molecule has 2 unspecified atom stereocenters. The van der Waals surface area contributed by atoms with Gasteiger partial charge < -0.3 is 19.7 Å². The third-order valence-electron chi connectivity index (χ3n) is 6.80. The largest absolute Gasteiger partial charge is 0.497 e. The van der Waals surface area contributed by atoms with Gasteiger partial charge in [-0.1, -0.05) is 35.9 Å². The first-order chi connectivity index (χ1) is 19.2. The third kappa shape index (κ3) is 5.60. The van der Waals surface area contributed by atoms with Crippen LogP contribution in [0.15, 0.2) is 71.7 Å². The van der Waals surface area contributed by atoms with Crippen molar-refractivity contribution in [2.45, 2.75) is 32.0 Å². The van der Waals surface area contributed by atoms with Gasteiger partial charge in [-0.15, -0.1) is 0 Å². The Balaban J connectivity index is 1.71. The Morgan fingerprint density at radius 2 is 1.77 bits per heavy atom. The Kier molecular flexibility index (Phi) is 7.93. The Bertz CT molecular complexity index is 1430. The van der Waals surface area contributed by atoms with Crippen LogP contribution in [0, 0.1) is 5.82 Å². The van der Waals surface area contributed by atoms with Crippen LogP contribution < -0.4 is 14.8 Å². The number of hydrogen-bond donors (Lipinski definition) is 1. The molecule has 1 fully saturated rings. The van der Waals surface area contributed by atoms with Crippen molar-refractivity contribution >= 4 is 29.4 Å². The van der Waals surface area contributed by atoms with E-state index in [0.717, 1.165) is 11.1 Å². The van der Waals surface area contributed by atoms with E-state index in [9.17, 15) is 14.0 Å². The first-order valence-corrected chi connectivity index (χ1v) is 13.4. The Labute approximate surface area is 237 Å². The number of nitrogens with one attached hydrogen (secondary N) is 1. The van der Waals surface area contributed by atoms with E-state index in [1.54, 1.807) is 48.4 Å². The van der Waals surface area contributed by atoms with Gasteiger partial charge >= 0.3 is 6.03 Å². The van der Waals surface area contributed by atoms with Crippen molar-refractivity contribution in [1.29, 1.82) is 0 Å². The second-order valence-electron chi connectivity index (χ2n) is 9.90. The number of urea groups is 1. The highest BCUT2D eigenvalue weighted by atomic mass is 35.5. The number of hydrogen-bond acceptors (Lipinski definition) is 5. The molecular weight excluding hydrogens is 535 g/mol. The van der Waals surface area contributed by atoms with Gasteiger partial charge in [-0.2, -0.15) is 0 Å². The number of carbonyl (C=O) groups is 2. The van der Waals surface area contributed by atoms with Crippen LogP contribution >= 0.6 is 11.6 Å². The van der Waals surface area contributed by atoms with Gasteiger partial charge in [-0.3, -0.25) is 14.7 Å². The van der Waals surface area contributed by atoms with Gasteiger partial charge in [0.2, 0.25) is 5.91 Å². The fourth-order valence-corrected chi connectivity index (χ4v) is 5.10. The van der Waals surface area contributed by atoms with Crippen LogP contribution in [0.2, 0.25) is 5.02 Å². The molecule has 1 saturated heterocycles. The van der Waals surface area contributed by atoms with Crippen LogP contribution in [-0.4, -0.2) is 60.4 Å². The number of nitrogens with zero attached hydrogens (tertiary/aromatic N) is 3. The molecule has 3 aromatic carbocycles. The molecule has 0 radical (unpaired) electrons.